The van der Waals surface area contributed by atoms with Crippen LogP contribution in [0.2, 0.25) is 0 Å². The minimum atomic E-state index is 0.188. The van der Waals surface area contributed by atoms with E-state index in [9.17, 15) is 0 Å². The third-order valence-corrected chi connectivity index (χ3v) is 9.30. The molecule has 0 N–H and O–H groups in total. The Kier molecular flexibility index (Phi) is 17.7. The second-order valence-electron chi connectivity index (χ2n) is 13.1. The molecule has 1 heteroatoms. The number of rotatable bonds is 13. The van der Waals surface area contributed by atoms with E-state index >= 15 is 0 Å². The van der Waals surface area contributed by atoms with Gasteiger partial charge in [-0.1, -0.05) is 158 Å². The van der Waals surface area contributed by atoms with Gasteiger partial charge in [0, 0.05) is 17.9 Å². The highest BCUT2D eigenvalue weighted by molar-refractivity contribution is 5.78. The molecule has 51 heavy (non-hydrogen) atoms. The second-order valence-corrected chi connectivity index (χ2v) is 13.1. The number of fused-ring (bicyclic) bond motifs is 1. The van der Waals surface area contributed by atoms with Crippen LogP contribution in [0.4, 0.5) is 0 Å². The zero-order valence-corrected chi connectivity index (χ0v) is 33.2. The van der Waals surface area contributed by atoms with Gasteiger partial charge in [-0.15, -0.1) is 0 Å². The first-order valence-corrected chi connectivity index (χ1v) is 18.6. The van der Waals surface area contributed by atoms with E-state index in [4.69, 9.17) is 0 Å². The Hall–Kier alpha value is -4.88. The van der Waals surface area contributed by atoms with Crippen molar-refractivity contribution in [1.29, 1.82) is 0 Å². The molecule has 0 amide bonds. The average Bonchev–Trinajstić information content (AvgIpc) is 3.41. The number of likely N-dealkylation sites (N-methyl/N-ethyl adjacent to an activating group) is 1. The van der Waals surface area contributed by atoms with E-state index in [1.165, 1.54) is 55.7 Å². The summed E-state index contributed by atoms with van der Waals surface area (Å²) in [5.74, 6) is 0. The topological polar surface area (TPSA) is 3.24 Å². The maximum Gasteiger partial charge on any atom is 0.0407 e. The highest BCUT2D eigenvalue weighted by atomic mass is 15.1. The summed E-state index contributed by atoms with van der Waals surface area (Å²) in [6.45, 7) is 36.1. The summed E-state index contributed by atoms with van der Waals surface area (Å²) in [7, 11) is 0. The van der Waals surface area contributed by atoms with Gasteiger partial charge in [0.2, 0.25) is 0 Å². The molecule has 1 nitrogen and oxygen atoms in total. The van der Waals surface area contributed by atoms with Crippen LogP contribution in [0.3, 0.4) is 0 Å². The normalized spacial score (nSPS) is 14.7. The molecule has 3 aromatic rings. The minimum Gasteiger partial charge on any atom is -0.342 e. The molecule has 0 aromatic heterocycles. The lowest BCUT2D eigenvalue weighted by Gasteiger charge is -2.25. The maximum absolute atomic E-state index is 4.04. The number of nitrogens with zero attached hydrogens (tertiary/aromatic N) is 1. The number of hydrogen-bond donors (Lipinski definition) is 0. The highest BCUT2D eigenvalue weighted by Crippen LogP contribution is 2.45. The summed E-state index contributed by atoms with van der Waals surface area (Å²) in [6.07, 6.45) is 21.3. The molecule has 0 radical (unpaired) electrons. The first-order chi connectivity index (χ1) is 24.6. The quantitative estimate of drug-likeness (QED) is 0.163. The Morgan fingerprint density at radius 1 is 0.843 bits per heavy atom. The van der Waals surface area contributed by atoms with Crippen LogP contribution < -0.4 is 0 Å². The molecular formula is C50H63N. The molecule has 1 aliphatic rings. The fourth-order valence-corrected chi connectivity index (χ4v) is 6.67. The zero-order valence-electron chi connectivity index (χ0n) is 33.2. The number of aryl methyl sites for hydroxylation is 2. The van der Waals surface area contributed by atoms with Gasteiger partial charge in [-0.3, -0.25) is 0 Å². The van der Waals surface area contributed by atoms with Crippen LogP contribution >= 0.6 is 0 Å². The van der Waals surface area contributed by atoms with Crippen molar-refractivity contribution < 1.29 is 0 Å². The molecule has 0 bridgehead atoms. The van der Waals surface area contributed by atoms with Gasteiger partial charge in [0.25, 0.3) is 0 Å². The van der Waals surface area contributed by atoms with Crippen LogP contribution in [0.15, 0.2) is 159 Å². The van der Waals surface area contributed by atoms with E-state index in [2.05, 4.69) is 158 Å². The monoisotopic (exact) mass is 677 g/mol. The SMILES string of the molecule is C=C/C(=C(/C)Cc1ccccc1C)c1ccc(CC)c(C=C)c1.C=C/C=C(\C=C/C)N(CC)/C(C=C)=C/C=C1\CC(C)(C)c2ccccc21.CC. The molecule has 0 atom stereocenters. The van der Waals surface area contributed by atoms with Crippen LogP contribution in [0.1, 0.15) is 101 Å². The predicted molar refractivity (Wildman–Crippen MR) is 231 cm³/mol. The number of hydrogen-bond acceptors (Lipinski definition) is 1. The predicted octanol–water partition coefficient (Wildman–Crippen LogP) is 14.2. The fourth-order valence-electron chi connectivity index (χ4n) is 6.67. The van der Waals surface area contributed by atoms with E-state index in [1.54, 1.807) is 0 Å². The van der Waals surface area contributed by atoms with Crippen LogP contribution in [0.25, 0.3) is 17.2 Å². The molecule has 268 valence electrons. The van der Waals surface area contributed by atoms with Crippen LogP contribution in [-0.2, 0) is 18.3 Å². The lowest BCUT2D eigenvalue weighted by Crippen LogP contribution is -2.20. The molecular weight excluding hydrogens is 615 g/mol. The van der Waals surface area contributed by atoms with Crippen LogP contribution in [0.5, 0.6) is 0 Å². The highest BCUT2D eigenvalue weighted by Gasteiger charge is 2.32. The molecule has 0 unspecified atom stereocenters. The standard InChI is InChI=1S/C25H31N.C23H26.C2H6/c1-7-13-22(14-8-2)26(10-4)21(9-3)18-17-20-19-25(5,6)24-16-12-11-15-23(20)24;1-6-19-13-14-22(16-20(19)7-2)23(8-3)18(5)15-21-12-10-9-11-17(21)4;1-2/h7-9,11-18H,1,3,10,19H2,2,4-6H3;7-14,16H,2-3,6,15H2,1,4-5H3;1-2H3/b14-8-,20-17+,21-18+,22-13+;23-18+;. The average molecular weight is 678 g/mol. The van der Waals surface area contributed by atoms with E-state index in [1.807, 2.05) is 57.2 Å². The van der Waals surface area contributed by atoms with Crippen molar-refractivity contribution in [2.75, 3.05) is 6.54 Å². The van der Waals surface area contributed by atoms with Crippen molar-refractivity contribution in [3.8, 4) is 0 Å². The molecule has 4 rings (SSSR count). The summed E-state index contributed by atoms with van der Waals surface area (Å²) in [6, 6.07) is 23.9. The molecule has 1 aliphatic carbocycles. The molecule has 0 fully saturated rings. The minimum absolute atomic E-state index is 0.188. The summed E-state index contributed by atoms with van der Waals surface area (Å²) in [5, 5.41) is 0. The Bertz CT molecular complexity index is 1800. The van der Waals surface area contributed by atoms with Crippen LogP contribution in [0, 0.1) is 6.92 Å². The van der Waals surface area contributed by atoms with Crippen molar-refractivity contribution in [3.05, 3.63) is 198 Å². The molecule has 3 aromatic carbocycles. The van der Waals surface area contributed by atoms with E-state index in [0.717, 1.165) is 37.2 Å². The molecule has 0 saturated heterocycles. The smallest absolute Gasteiger partial charge is 0.0407 e. The Morgan fingerprint density at radius 2 is 1.53 bits per heavy atom. The lowest BCUT2D eigenvalue weighted by atomic mass is 9.86. The Balaban J connectivity index is 0.000000339. The van der Waals surface area contributed by atoms with Crippen molar-refractivity contribution in [2.45, 2.75) is 87.0 Å². The fraction of sp³-hybridized carbons (Fsp3) is 0.280. The van der Waals surface area contributed by atoms with E-state index in [-0.39, 0.29) is 5.41 Å². The van der Waals surface area contributed by atoms with Gasteiger partial charge in [0.1, 0.15) is 0 Å². The van der Waals surface area contributed by atoms with Gasteiger partial charge >= 0.3 is 0 Å². The summed E-state index contributed by atoms with van der Waals surface area (Å²) in [4.78, 5) is 2.25. The van der Waals surface area contributed by atoms with E-state index in [0.29, 0.717) is 0 Å². The summed E-state index contributed by atoms with van der Waals surface area (Å²) < 4.78 is 0. The Labute approximate surface area is 312 Å². The number of allylic oxidation sites excluding steroid dienone is 11. The van der Waals surface area contributed by atoms with Gasteiger partial charge in [-0.05, 0) is 133 Å². The van der Waals surface area contributed by atoms with Crippen molar-refractivity contribution >= 4 is 17.2 Å². The lowest BCUT2D eigenvalue weighted by molar-refractivity contribution is 0.478. The van der Waals surface area contributed by atoms with E-state index < -0.39 is 0 Å². The summed E-state index contributed by atoms with van der Waals surface area (Å²) in [5.41, 5.74) is 15.6. The van der Waals surface area contributed by atoms with Gasteiger partial charge in [-0.2, -0.15) is 0 Å². The van der Waals surface area contributed by atoms with Gasteiger partial charge < -0.3 is 4.90 Å². The zero-order chi connectivity index (χ0) is 38.0. The molecule has 0 aliphatic heterocycles. The maximum atomic E-state index is 4.04. The van der Waals surface area contributed by atoms with Crippen molar-refractivity contribution in [3.63, 3.8) is 0 Å². The summed E-state index contributed by atoms with van der Waals surface area (Å²) >= 11 is 0. The van der Waals surface area contributed by atoms with Gasteiger partial charge in [0.15, 0.2) is 0 Å². The third kappa shape index (κ3) is 11.3. The number of benzene rings is 3. The van der Waals surface area contributed by atoms with Crippen molar-refractivity contribution in [2.24, 2.45) is 0 Å². The molecule has 0 spiro atoms. The third-order valence-electron chi connectivity index (χ3n) is 9.30. The van der Waals surface area contributed by atoms with Crippen molar-refractivity contribution in [1.82, 2.24) is 4.90 Å². The largest absolute Gasteiger partial charge is 0.342 e. The van der Waals surface area contributed by atoms with Gasteiger partial charge in [0.05, 0.1) is 0 Å². The molecule has 0 heterocycles. The first kappa shape index (κ1) is 42.3. The first-order valence-electron chi connectivity index (χ1n) is 18.6. The van der Waals surface area contributed by atoms with Gasteiger partial charge in [-0.25, -0.2) is 0 Å². The Morgan fingerprint density at radius 3 is 2.12 bits per heavy atom. The molecule has 0 saturated carbocycles. The second kappa shape index (κ2) is 21.4. The van der Waals surface area contributed by atoms with Crippen LogP contribution in [-0.4, -0.2) is 11.4 Å².